The summed E-state index contributed by atoms with van der Waals surface area (Å²) in [6.07, 6.45) is 0.837. The van der Waals surface area contributed by atoms with Crippen LogP contribution in [0.1, 0.15) is 5.56 Å². The molecule has 1 aromatic rings. The molecular formula is C12H14ClNO2. The monoisotopic (exact) mass is 239 g/mol. The quantitative estimate of drug-likeness (QED) is 0.591. The number of aliphatic carboxylic acids is 1. The van der Waals surface area contributed by atoms with Crippen LogP contribution in [0, 0.1) is 0 Å². The summed E-state index contributed by atoms with van der Waals surface area (Å²) >= 11 is 5.76. The maximum absolute atomic E-state index is 10.4. The van der Waals surface area contributed by atoms with Gasteiger partial charge in [0.25, 0.3) is 0 Å². The molecule has 0 bridgehead atoms. The summed E-state index contributed by atoms with van der Waals surface area (Å²) in [4.78, 5) is 10.4. The molecular weight excluding hydrogens is 226 g/mol. The van der Waals surface area contributed by atoms with Crippen LogP contribution in [-0.2, 0) is 11.2 Å². The van der Waals surface area contributed by atoms with Crippen molar-refractivity contribution in [3.8, 4) is 0 Å². The van der Waals surface area contributed by atoms with E-state index in [0.717, 1.165) is 17.0 Å². The molecule has 4 heteroatoms. The molecule has 0 fully saturated rings. The van der Waals surface area contributed by atoms with Crippen LogP contribution in [0.4, 0.5) is 0 Å². The summed E-state index contributed by atoms with van der Waals surface area (Å²) in [5.41, 5.74) is 1.34. The van der Waals surface area contributed by atoms with E-state index in [1.165, 1.54) is 0 Å². The van der Waals surface area contributed by atoms with Crippen molar-refractivity contribution in [1.29, 1.82) is 0 Å². The van der Waals surface area contributed by atoms with E-state index in [-0.39, 0.29) is 5.57 Å². The van der Waals surface area contributed by atoms with E-state index in [4.69, 9.17) is 16.7 Å². The van der Waals surface area contributed by atoms with Crippen LogP contribution in [0.25, 0.3) is 0 Å². The van der Waals surface area contributed by atoms with Gasteiger partial charge in [-0.15, -0.1) is 0 Å². The smallest absolute Gasteiger partial charge is 0.332 e. The maximum Gasteiger partial charge on any atom is 0.332 e. The van der Waals surface area contributed by atoms with Gasteiger partial charge in [-0.25, -0.2) is 4.79 Å². The number of hydrogen-bond donors (Lipinski definition) is 2. The molecule has 16 heavy (non-hydrogen) atoms. The second kappa shape index (κ2) is 6.30. The predicted molar refractivity (Wildman–Crippen MR) is 64.8 cm³/mol. The third-order valence-corrected chi connectivity index (χ3v) is 2.40. The zero-order valence-electron chi connectivity index (χ0n) is 8.87. The average Bonchev–Trinajstić information content (AvgIpc) is 2.26. The fourth-order valence-electron chi connectivity index (χ4n) is 1.20. The molecule has 0 radical (unpaired) electrons. The topological polar surface area (TPSA) is 49.3 Å². The van der Waals surface area contributed by atoms with Gasteiger partial charge in [-0.3, -0.25) is 0 Å². The Labute approximate surface area is 99.7 Å². The molecule has 3 nitrogen and oxygen atoms in total. The highest BCUT2D eigenvalue weighted by Crippen LogP contribution is 2.09. The van der Waals surface area contributed by atoms with Gasteiger partial charge in [0, 0.05) is 17.1 Å². The normalized spacial score (nSPS) is 10.1. The molecule has 86 valence electrons. The fourth-order valence-corrected chi connectivity index (χ4v) is 1.32. The van der Waals surface area contributed by atoms with Crippen molar-refractivity contribution in [2.75, 3.05) is 13.1 Å². The van der Waals surface area contributed by atoms with Crippen molar-refractivity contribution >= 4 is 17.6 Å². The largest absolute Gasteiger partial charge is 0.478 e. The van der Waals surface area contributed by atoms with E-state index >= 15 is 0 Å². The number of halogens is 1. The summed E-state index contributed by atoms with van der Waals surface area (Å²) in [7, 11) is 0. The lowest BCUT2D eigenvalue weighted by Gasteiger charge is -2.04. The molecule has 0 amide bonds. The Kier molecular flexibility index (Phi) is 5.02. The number of benzene rings is 1. The average molecular weight is 240 g/mol. The number of carboxylic acids is 1. The van der Waals surface area contributed by atoms with Crippen LogP contribution < -0.4 is 5.32 Å². The van der Waals surface area contributed by atoms with Gasteiger partial charge in [0.2, 0.25) is 0 Å². The number of carbonyl (C=O) groups is 1. The van der Waals surface area contributed by atoms with Crippen molar-refractivity contribution in [2.45, 2.75) is 6.42 Å². The molecule has 0 saturated heterocycles. The highest BCUT2D eigenvalue weighted by atomic mass is 35.5. The first-order valence-corrected chi connectivity index (χ1v) is 5.33. The molecule has 0 aliphatic rings. The van der Waals surface area contributed by atoms with Gasteiger partial charge in [0.05, 0.1) is 0 Å². The molecule has 2 N–H and O–H groups in total. The summed E-state index contributed by atoms with van der Waals surface area (Å²) in [6, 6.07) is 7.59. The molecule has 1 aromatic carbocycles. The van der Waals surface area contributed by atoms with E-state index in [1.54, 1.807) is 0 Å². The third-order valence-electron chi connectivity index (χ3n) is 2.14. The van der Waals surface area contributed by atoms with Crippen LogP contribution in [-0.4, -0.2) is 24.2 Å². The minimum atomic E-state index is -0.959. The van der Waals surface area contributed by atoms with E-state index in [9.17, 15) is 4.79 Å². The summed E-state index contributed by atoms with van der Waals surface area (Å²) in [6.45, 7) is 4.46. The van der Waals surface area contributed by atoms with Crippen LogP contribution >= 0.6 is 11.6 Å². The molecule has 0 aliphatic heterocycles. The highest BCUT2D eigenvalue weighted by molar-refractivity contribution is 6.30. The van der Waals surface area contributed by atoms with Crippen molar-refractivity contribution in [2.24, 2.45) is 0 Å². The Balaban J connectivity index is 2.23. The zero-order valence-corrected chi connectivity index (χ0v) is 9.63. The van der Waals surface area contributed by atoms with E-state index in [1.807, 2.05) is 24.3 Å². The number of nitrogens with one attached hydrogen (secondary N) is 1. The van der Waals surface area contributed by atoms with Crippen LogP contribution in [0.15, 0.2) is 36.4 Å². The molecule has 0 aliphatic carbocycles. The molecule has 0 saturated carbocycles. The second-order valence-electron chi connectivity index (χ2n) is 3.46. The lowest BCUT2D eigenvalue weighted by Crippen LogP contribution is -2.22. The summed E-state index contributed by atoms with van der Waals surface area (Å²) in [5.74, 6) is -0.959. The first-order valence-electron chi connectivity index (χ1n) is 4.96. The van der Waals surface area contributed by atoms with Crippen LogP contribution in [0.3, 0.4) is 0 Å². The Bertz CT molecular complexity index is 373. The first kappa shape index (κ1) is 12.7. The number of hydrogen-bond acceptors (Lipinski definition) is 2. The Morgan fingerprint density at radius 1 is 1.38 bits per heavy atom. The second-order valence-corrected chi connectivity index (χ2v) is 3.90. The summed E-state index contributed by atoms with van der Waals surface area (Å²) in [5, 5.41) is 12.3. The van der Waals surface area contributed by atoms with Crippen molar-refractivity contribution in [1.82, 2.24) is 5.32 Å². The molecule has 0 unspecified atom stereocenters. The fraction of sp³-hybridized carbons (Fsp3) is 0.250. The predicted octanol–water partition coefficient (Wildman–Crippen LogP) is 2.11. The molecule has 0 atom stereocenters. The molecule has 0 heterocycles. The lowest BCUT2D eigenvalue weighted by atomic mass is 10.1. The molecule has 0 aromatic heterocycles. The van der Waals surface area contributed by atoms with Gasteiger partial charge >= 0.3 is 5.97 Å². The minimum absolute atomic E-state index is 0.177. The van der Waals surface area contributed by atoms with Gasteiger partial charge < -0.3 is 10.4 Å². The maximum atomic E-state index is 10.4. The lowest BCUT2D eigenvalue weighted by molar-refractivity contribution is -0.132. The van der Waals surface area contributed by atoms with Gasteiger partial charge in [0.15, 0.2) is 0 Å². The van der Waals surface area contributed by atoms with Crippen molar-refractivity contribution in [3.63, 3.8) is 0 Å². The number of rotatable bonds is 6. The van der Waals surface area contributed by atoms with E-state index < -0.39 is 5.97 Å². The van der Waals surface area contributed by atoms with Crippen LogP contribution in [0.5, 0.6) is 0 Å². The van der Waals surface area contributed by atoms with Gasteiger partial charge in [0.1, 0.15) is 0 Å². The SMILES string of the molecule is C=C(CNCCc1ccc(Cl)cc1)C(=O)O. The highest BCUT2D eigenvalue weighted by Gasteiger charge is 2.02. The van der Waals surface area contributed by atoms with Gasteiger partial charge in [-0.1, -0.05) is 30.3 Å². The Hall–Kier alpha value is -1.32. The van der Waals surface area contributed by atoms with Gasteiger partial charge in [-0.2, -0.15) is 0 Å². The van der Waals surface area contributed by atoms with Gasteiger partial charge in [-0.05, 0) is 30.7 Å². The number of carboxylic acid groups (broad SMARTS) is 1. The zero-order chi connectivity index (χ0) is 12.0. The molecule has 0 spiro atoms. The van der Waals surface area contributed by atoms with E-state index in [0.29, 0.717) is 13.1 Å². The standard InChI is InChI=1S/C12H14ClNO2/c1-9(12(15)16)8-14-7-6-10-2-4-11(13)5-3-10/h2-5,14H,1,6-8H2,(H,15,16). The van der Waals surface area contributed by atoms with Crippen LogP contribution in [0.2, 0.25) is 5.02 Å². The van der Waals surface area contributed by atoms with Crippen molar-refractivity contribution < 1.29 is 9.90 Å². The first-order chi connectivity index (χ1) is 7.59. The van der Waals surface area contributed by atoms with E-state index in [2.05, 4.69) is 11.9 Å². The Morgan fingerprint density at radius 2 is 2.00 bits per heavy atom. The minimum Gasteiger partial charge on any atom is -0.478 e. The van der Waals surface area contributed by atoms with Crippen molar-refractivity contribution in [3.05, 3.63) is 47.0 Å². The Morgan fingerprint density at radius 3 is 2.56 bits per heavy atom. The molecule has 1 rings (SSSR count). The summed E-state index contributed by atoms with van der Waals surface area (Å²) < 4.78 is 0. The third kappa shape index (κ3) is 4.47.